The van der Waals surface area contributed by atoms with E-state index in [0.29, 0.717) is 13.0 Å². The van der Waals surface area contributed by atoms with Gasteiger partial charge in [-0.3, -0.25) is 0 Å². The third-order valence-corrected chi connectivity index (χ3v) is 4.73. The third-order valence-electron chi connectivity index (χ3n) is 4.73. The van der Waals surface area contributed by atoms with E-state index in [1.54, 1.807) is 0 Å². The zero-order valence-corrected chi connectivity index (χ0v) is 14.6. The van der Waals surface area contributed by atoms with Gasteiger partial charge in [0.1, 0.15) is 0 Å². The van der Waals surface area contributed by atoms with Crippen molar-refractivity contribution >= 4 is 10.8 Å². The largest absolute Gasteiger partial charge is 0.390 e. The molecule has 3 aromatic carbocycles. The maximum absolute atomic E-state index is 10.4. The van der Waals surface area contributed by atoms with Crippen LogP contribution in [0.15, 0.2) is 72.8 Å². The molecule has 3 atom stereocenters. The summed E-state index contributed by atoms with van der Waals surface area (Å²) in [6.07, 6.45) is 0.0874. The molecule has 3 rings (SSSR count). The molecule has 0 saturated carbocycles. The van der Waals surface area contributed by atoms with Crippen molar-refractivity contribution in [3.8, 4) is 0 Å². The van der Waals surface area contributed by atoms with E-state index in [2.05, 4.69) is 54.7 Å². The van der Waals surface area contributed by atoms with Gasteiger partial charge in [-0.1, -0.05) is 72.8 Å². The maximum atomic E-state index is 10.4. The predicted molar refractivity (Wildman–Crippen MR) is 104 cm³/mol. The lowest BCUT2D eigenvalue weighted by molar-refractivity contribution is 0.138. The molecule has 0 aliphatic heterocycles. The van der Waals surface area contributed by atoms with Crippen LogP contribution in [0.25, 0.3) is 10.8 Å². The predicted octanol–water partition coefficient (Wildman–Crippen LogP) is 3.42. The first kappa shape index (κ1) is 17.6. The van der Waals surface area contributed by atoms with Crippen LogP contribution in [-0.4, -0.2) is 23.8 Å². The molecule has 0 bridgehead atoms. The van der Waals surface area contributed by atoms with Crippen LogP contribution in [0.4, 0.5) is 0 Å². The smallest absolute Gasteiger partial charge is 0.0818 e. The molecule has 0 heterocycles. The molecule has 0 aliphatic rings. The average molecular weight is 334 g/mol. The van der Waals surface area contributed by atoms with Crippen LogP contribution in [0, 0.1) is 0 Å². The second kappa shape index (κ2) is 8.26. The van der Waals surface area contributed by atoms with E-state index in [-0.39, 0.29) is 12.1 Å². The summed E-state index contributed by atoms with van der Waals surface area (Å²) < 4.78 is 0. The van der Waals surface area contributed by atoms with E-state index in [4.69, 9.17) is 5.73 Å². The molecule has 3 nitrogen and oxygen atoms in total. The number of nitrogens with one attached hydrogen (secondary N) is 1. The lowest BCUT2D eigenvalue weighted by atomic mass is 9.98. The van der Waals surface area contributed by atoms with Crippen LogP contribution in [0.5, 0.6) is 0 Å². The van der Waals surface area contributed by atoms with Gasteiger partial charge in [0.25, 0.3) is 0 Å². The molecule has 3 heteroatoms. The van der Waals surface area contributed by atoms with Gasteiger partial charge >= 0.3 is 0 Å². The zero-order chi connectivity index (χ0) is 17.6. The Morgan fingerprint density at radius 3 is 2.40 bits per heavy atom. The van der Waals surface area contributed by atoms with Crippen LogP contribution >= 0.6 is 0 Å². The number of hydrogen-bond donors (Lipinski definition) is 3. The first-order chi connectivity index (χ1) is 12.1. The molecule has 4 N–H and O–H groups in total. The van der Waals surface area contributed by atoms with Gasteiger partial charge in [0.05, 0.1) is 6.10 Å². The van der Waals surface area contributed by atoms with Gasteiger partial charge in [0.2, 0.25) is 0 Å². The van der Waals surface area contributed by atoms with Crippen LogP contribution in [0.2, 0.25) is 0 Å². The molecule has 0 saturated heterocycles. The molecule has 0 spiro atoms. The van der Waals surface area contributed by atoms with Crippen molar-refractivity contribution in [1.29, 1.82) is 0 Å². The first-order valence-corrected chi connectivity index (χ1v) is 8.84. The van der Waals surface area contributed by atoms with Gasteiger partial charge in [-0.05, 0) is 35.2 Å². The molecule has 0 amide bonds. The fourth-order valence-corrected chi connectivity index (χ4v) is 3.21. The van der Waals surface area contributed by atoms with Crippen molar-refractivity contribution in [2.24, 2.45) is 5.73 Å². The number of hydrogen-bond acceptors (Lipinski definition) is 3. The summed E-state index contributed by atoms with van der Waals surface area (Å²) in [4.78, 5) is 0. The summed E-state index contributed by atoms with van der Waals surface area (Å²) in [7, 11) is 0. The van der Waals surface area contributed by atoms with Crippen molar-refractivity contribution in [1.82, 2.24) is 5.32 Å². The fraction of sp³-hybridized carbons (Fsp3) is 0.273. The maximum Gasteiger partial charge on any atom is 0.0818 e. The Morgan fingerprint density at radius 1 is 0.920 bits per heavy atom. The Bertz CT molecular complexity index is 798. The highest BCUT2D eigenvalue weighted by Crippen LogP contribution is 2.24. The number of rotatable bonds is 7. The van der Waals surface area contributed by atoms with Crippen LogP contribution in [0.1, 0.15) is 24.1 Å². The molecule has 0 radical (unpaired) electrons. The molecule has 25 heavy (non-hydrogen) atoms. The van der Waals surface area contributed by atoms with E-state index < -0.39 is 6.10 Å². The van der Waals surface area contributed by atoms with Crippen LogP contribution < -0.4 is 11.1 Å². The number of aliphatic hydroxyl groups excluding tert-OH is 1. The first-order valence-electron chi connectivity index (χ1n) is 8.84. The molecule has 130 valence electrons. The number of benzene rings is 3. The highest BCUT2D eigenvalue weighted by molar-refractivity contribution is 5.86. The number of fused-ring (bicyclic) bond motifs is 1. The Hall–Kier alpha value is -2.20. The van der Waals surface area contributed by atoms with Crippen molar-refractivity contribution in [3.05, 3.63) is 83.9 Å². The molecule has 1 unspecified atom stereocenters. The van der Waals surface area contributed by atoms with E-state index in [1.807, 2.05) is 30.3 Å². The molecular weight excluding hydrogens is 308 g/mol. The highest BCUT2D eigenvalue weighted by atomic mass is 16.3. The zero-order valence-electron chi connectivity index (χ0n) is 14.6. The standard InChI is InChI=1S/C22H26N2O/c1-16(19-13-7-11-18-10-5-6-12-20(18)19)24-15-22(25)21(23)14-17-8-3-2-4-9-17/h2-13,16,21-22,24-25H,14-15,23H2,1H3/t16-,21?,22+/m1/s1. The summed E-state index contributed by atoms with van der Waals surface area (Å²) in [5, 5.41) is 16.3. The molecule has 0 fully saturated rings. The lowest BCUT2D eigenvalue weighted by Gasteiger charge is -2.23. The van der Waals surface area contributed by atoms with Crippen molar-refractivity contribution in [2.75, 3.05) is 6.54 Å². The van der Waals surface area contributed by atoms with Crippen molar-refractivity contribution < 1.29 is 5.11 Å². The van der Waals surface area contributed by atoms with Crippen LogP contribution in [-0.2, 0) is 6.42 Å². The summed E-state index contributed by atoms with van der Waals surface area (Å²) in [6.45, 7) is 2.59. The Labute approximate surface area is 149 Å². The monoisotopic (exact) mass is 334 g/mol. The summed E-state index contributed by atoms with van der Waals surface area (Å²) in [6, 6.07) is 24.6. The molecule has 3 aromatic rings. The summed E-state index contributed by atoms with van der Waals surface area (Å²) in [5.41, 5.74) is 8.56. The van der Waals surface area contributed by atoms with Crippen LogP contribution in [0.3, 0.4) is 0 Å². The van der Waals surface area contributed by atoms with E-state index >= 15 is 0 Å². The molecule has 0 aliphatic carbocycles. The topological polar surface area (TPSA) is 58.3 Å². The second-order valence-electron chi connectivity index (χ2n) is 6.62. The molecular formula is C22H26N2O. The SMILES string of the molecule is C[C@@H](NC[C@H](O)C(N)Cc1ccccc1)c1cccc2ccccc12. The number of nitrogens with two attached hydrogens (primary N) is 1. The third kappa shape index (κ3) is 4.45. The Kier molecular flexibility index (Phi) is 5.82. The Morgan fingerprint density at radius 2 is 1.60 bits per heavy atom. The minimum Gasteiger partial charge on any atom is -0.390 e. The quantitative estimate of drug-likeness (QED) is 0.620. The van der Waals surface area contributed by atoms with Gasteiger partial charge in [-0.25, -0.2) is 0 Å². The van der Waals surface area contributed by atoms with Gasteiger partial charge in [-0.2, -0.15) is 0 Å². The molecule has 0 aromatic heterocycles. The van der Waals surface area contributed by atoms with Gasteiger partial charge in [-0.15, -0.1) is 0 Å². The fourth-order valence-electron chi connectivity index (χ4n) is 3.21. The highest BCUT2D eigenvalue weighted by Gasteiger charge is 2.17. The minimum atomic E-state index is -0.586. The van der Waals surface area contributed by atoms with Crippen molar-refractivity contribution in [2.45, 2.75) is 31.5 Å². The summed E-state index contributed by atoms with van der Waals surface area (Å²) >= 11 is 0. The van der Waals surface area contributed by atoms with Gasteiger partial charge in [0.15, 0.2) is 0 Å². The normalized spacial score (nSPS) is 15.0. The van der Waals surface area contributed by atoms with E-state index in [1.165, 1.54) is 16.3 Å². The second-order valence-corrected chi connectivity index (χ2v) is 6.62. The Balaban J connectivity index is 1.60. The average Bonchev–Trinajstić information content (AvgIpc) is 2.66. The summed E-state index contributed by atoms with van der Waals surface area (Å²) in [5.74, 6) is 0. The van der Waals surface area contributed by atoms with E-state index in [9.17, 15) is 5.11 Å². The minimum absolute atomic E-state index is 0.143. The van der Waals surface area contributed by atoms with Gasteiger partial charge < -0.3 is 16.2 Å². The van der Waals surface area contributed by atoms with Gasteiger partial charge in [0, 0.05) is 18.6 Å². The van der Waals surface area contributed by atoms with Crippen molar-refractivity contribution in [3.63, 3.8) is 0 Å². The lowest BCUT2D eigenvalue weighted by Crippen LogP contribution is -2.43. The van der Waals surface area contributed by atoms with E-state index in [0.717, 1.165) is 5.56 Å². The number of aliphatic hydroxyl groups is 1.